The molecule has 0 unspecified atom stereocenters. The predicted octanol–water partition coefficient (Wildman–Crippen LogP) is 0.110. The van der Waals surface area contributed by atoms with Gasteiger partial charge in [0.05, 0.1) is 6.54 Å². The number of rotatable bonds is 6. The standard InChI is InChI=1S/C11H19N9/c1-5-12-9-15-10(17-11(16-9)19(2)3)13-6-8-18-14-7-20(8)4/h7H,5-6H2,1-4H3,(H2,12,13,15,16,17). The van der Waals surface area contributed by atoms with Gasteiger partial charge in [-0.3, -0.25) is 0 Å². The maximum absolute atomic E-state index is 4.34. The van der Waals surface area contributed by atoms with Crippen molar-refractivity contribution in [2.24, 2.45) is 7.05 Å². The number of nitrogens with zero attached hydrogens (tertiary/aromatic N) is 7. The fourth-order valence-electron chi connectivity index (χ4n) is 1.51. The Hall–Kier alpha value is -2.45. The van der Waals surface area contributed by atoms with E-state index in [1.807, 2.05) is 37.5 Å². The first-order valence-electron chi connectivity index (χ1n) is 6.34. The average molecular weight is 277 g/mol. The van der Waals surface area contributed by atoms with Crippen LogP contribution in [0.25, 0.3) is 0 Å². The second kappa shape index (κ2) is 6.13. The summed E-state index contributed by atoms with van der Waals surface area (Å²) < 4.78 is 1.84. The molecule has 0 aliphatic rings. The van der Waals surface area contributed by atoms with Crippen molar-refractivity contribution in [3.8, 4) is 0 Å². The lowest BCUT2D eigenvalue weighted by Crippen LogP contribution is -2.17. The van der Waals surface area contributed by atoms with E-state index in [-0.39, 0.29) is 0 Å². The molecule has 0 aliphatic heterocycles. The molecule has 2 rings (SSSR count). The van der Waals surface area contributed by atoms with Crippen molar-refractivity contribution in [3.05, 3.63) is 12.2 Å². The van der Waals surface area contributed by atoms with Crippen LogP contribution in [-0.2, 0) is 13.6 Å². The second-order valence-electron chi connectivity index (χ2n) is 4.42. The zero-order valence-corrected chi connectivity index (χ0v) is 12.1. The summed E-state index contributed by atoms with van der Waals surface area (Å²) in [7, 11) is 5.66. The SMILES string of the molecule is CCNc1nc(NCc2nncn2C)nc(N(C)C)n1. The molecule has 9 nitrogen and oxygen atoms in total. The molecule has 0 atom stereocenters. The van der Waals surface area contributed by atoms with Crippen LogP contribution in [-0.4, -0.2) is 50.4 Å². The highest BCUT2D eigenvalue weighted by Gasteiger charge is 2.08. The predicted molar refractivity (Wildman–Crippen MR) is 76.6 cm³/mol. The highest BCUT2D eigenvalue weighted by Crippen LogP contribution is 2.11. The van der Waals surface area contributed by atoms with Gasteiger partial charge in [-0.1, -0.05) is 0 Å². The molecule has 0 saturated heterocycles. The molecule has 20 heavy (non-hydrogen) atoms. The molecule has 0 saturated carbocycles. The Balaban J connectivity index is 2.15. The Labute approximate surface area is 117 Å². The first-order valence-corrected chi connectivity index (χ1v) is 6.34. The third-order valence-electron chi connectivity index (χ3n) is 2.57. The molecule has 0 aromatic carbocycles. The van der Waals surface area contributed by atoms with E-state index in [1.165, 1.54) is 0 Å². The zero-order valence-electron chi connectivity index (χ0n) is 12.1. The van der Waals surface area contributed by atoms with Crippen LogP contribution in [0, 0.1) is 0 Å². The minimum Gasteiger partial charge on any atom is -0.354 e. The molecule has 0 spiro atoms. The molecule has 2 aromatic rings. The number of hydrogen-bond acceptors (Lipinski definition) is 8. The Morgan fingerprint density at radius 2 is 1.85 bits per heavy atom. The van der Waals surface area contributed by atoms with Crippen molar-refractivity contribution in [1.29, 1.82) is 0 Å². The average Bonchev–Trinajstić information content (AvgIpc) is 2.82. The van der Waals surface area contributed by atoms with Gasteiger partial charge in [0, 0.05) is 27.7 Å². The summed E-state index contributed by atoms with van der Waals surface area (Å²) in [6.45, 7) is 3.24. The first kappa shape index (κ1) is 14.0. The molecule has 108 valence electrons. The molecular weight excluding hydrogens is 258 g/mol. The van der Waals surface area contributed by atoms with Gasteiger partial charge in [0.15, 0.2) is 5.82 Å². The highest BCUT2D eigenvalue weighted by atomic mass is 15.3. The molecule has 2 aromatic heterocycles. The lowest BCUT2D eigenvalue weighted by Gasteiger charge is -2.13. The van der Waals surface area contributed by atoms with Crippen molar-refractivity contribution >= 4 is 17.8 Å². The fourth-order valence-corrected chi connectivity index (χ4v) is 1.51. The maximum atomic E-state index is 4.34. The molecule has 2 N–H and O–H groups in total. The normalized spacial score (nSPS) is 10.4. The van der Waals surface area contributed by atoms with E-state index in [1.54, 1.807) is 6.33 Å². The van der Waals surface area contributed by atoms with Gasteiger partial charge in [0.1, 0.15) is 6.33 Å². The van der Waals surface area contributed by atoms with Crippen LogP contribution < -0.4 is 15.5 Å². The highest BCUT2D eigenvalue weighted by molar-refractivity contribution is 5.42. The molecule has 0 bridgehead atoms. The summed E-state index contributed by atoms with van der Waals surface area (Å²) in [5.41, 5.74) is 0. The van der Waals surface area contributed by atoms with Gasteiger partial charge in [-0.05, 0) is 6.92 Å². The maximum Gasteiger partial charge on any atom is 0.231 e. The van der Waals surface area contributed by atoms with E-state index in [9.17, 15) is 0 Å². The van der Waals surface area contributed by atoms with Crippen LogP contribution in [0.5, 0.6) is 0 Å². The van der Waals surface area contributed by atoms with Crippen LogP contribution in [0.15, 0.2) is 6.33 Å². The molecule has 2 heterocycles. The van der Waals surface area contributed by atoms with E-state index in [2.05, 4.69) is 35.8 Å². The van der Waals surface area contributed by atoms with Crippen LogP contribution in [0.4, 0.5) is 17.8 Å². The van der Waals surface area contributed by atoms with Gasteiger partial charge in [-0.2, -0.15) is 15.0 Å². The summed E-state index contributed by atoms with van der Waals surface area (Å²) in [5, 5.41) is 14.0. The topological polar surface area (TPSA) is 96.7 Å². The fraction of sp³-hybridized carbons (Fsp3) is 0.545. The van der Waals surface area contributed by atoms with Crippen molar-refractivity contribution in [2.75, 3.05) is 36.2 Å². The third-order valence-corrected chi connectivity index (χ3v) is 2.57. The molecule has 0 radical (unpaired) electrons. The van der Waals surface area contributed by atoms with E-state index >= 15 is 0 Å². The van der Waals surface area contributed by atoms with Crippen molar-refractivity contribution in [1.82, 2.24) is 29.7 Å². The number of aromatic nitrogens is 6. The summed E-state index contributed by atoms with van der Waals surface area (Å²) in [6, 6.07) is 0. The summed E-state index contributed by atoms with van der Waals surface area (Å²) in [6.07, 6.45) is 1.65. The van der Waals surface area contributed by atoms with Crippen LogP contribution in [0.2, 0.25) is 0 Å². The molecule has 0 aliphatic carbocycles. The Kier molecular flexibility index (Phi) is 4.28. The van der Waals surface area contributed by atoms with Gasteiger partial charge in [0.2, 0.25) is 17.8 Å². The Morgan fingerprint density at radius 1 is 1.15 bits per heavy atom. The first-order chi connectivity index (χ1) is 9.60. The monoisotopic (exact) mass is 277 g/mol. The lowest BCUT2D eigenvalue weighted by molar-refractivity contribution is 0.805. The van der Waals surface area contributed by atoms with Gasteiger partial charge in [-0.15, -0.1) is 10.2 Å². The van der Waals surface area contributed by atoms with E-state index in [4.69, 9.17) is 0 Å². The minimum absolute atomic E-state index is 0.499. The van der Waals surface area contributed by atoms with E-state index < -0.39 is 0 Å². The lowest BCUT2D eigenvalue weighted by atomic mass is 10.6. The summed E-state index contributed by atoms with van der Waals surface area (Å²) >= 11 is 0. The zero-order chi connectivity index (χ0) is 14.5. The van der Waals surface area contributed by atoms with E-state index in [0.29, 0.717) is 24.4 Å². The summed E-state index contributed by atoms with van der Waals surface area (Å²) in [4.78, 5) is 14.8. The second-order valence-corrected chi connectivity index (χ2v) is 4.42. The van der Waals surface area contributed by atoms with Crippen LogP contribution in [0.3, 0.4) is 0 Å². The van der Waals surface area contributed by atoms with Crippen molar-refractivity contribution in [3.63, 3.8) is 0 Å². The largest absolute Gasteiger partial charge is 0.354 e. The van der Waals surface area contributed by atoms with Gasteiger partial charge in [0.25, 0.3) is 0 Å². The number of hydrogen-bond donors (Lipinski definition) is 2. The number of anilines is 3. The summed E-state index contributed by atoms with van der Waals surface area (Å²) in [5.74, 6) is 2.45. The smallest absolute Gasteiger partial charge is 0.231 e. The van der Waals surface area contributed by atoms with Crippen molar-refractivity contribution in [2.45, 2.75) is 13.5 Å². The quantitative estimate of drug-likeness (QED) is 0.768. The van der Waals surface area contributed by atoms with Crippen LogP contribution >= 0.6 is 0 Å². The van der Waals surface area contributed by atoms with Gasteiger partial charge < -0.3 is 20.1 Å². The van der Waals surface area contributed by atoms with E-state index in [0.717, 1.165) is 12.4 Å². The minimum atomic E-state index is 0.499. The molecular formula is C11H19N9. The van der Waals surface area contributed by atoms with Gasteiger partial charge >= 0.3 is 0 Å². The number of nitrogens with one attached hydrogen (secondary N) is 2. The number of aryl methyl sites for hydroxylation is 1. The molecule has 0 fully saturated rings. The third kappa shape index (κ3) is 3.31. The molecule has 0 amide bonds. The van der Waals surface area contributed by atoms with Crippen LogP contribution in [0.1, 0.15) is 12.7 Å². The molecule has 9 heteroatoms. The van der Waals surface area contributed by atoms with Gasteiger partial charge in [-0.25, -0.2) is 0 Å². The Bertz CT molecular complexity index is 563. The Morgan fingerprint density at radius 3 is 2.40 bits per heavy atom. The van der Waals surface area contributed by atoms with Crippen molar-refractivity contribution < 1.29 is 0 Å².